The third-order valence-electron chi connectivity index (χ3n) is 5.14. The number of amidine groups is 1. The summed E-state index contributed by atoms with van der Waals surface area (Å²) >= 11 is 0. The van der Waals surface area contributed by atoms with Gasteiger partial charge in [0, 0.05) is 5.56 Å². The van der Waals surface area contributed by atoms with Crippen molar-refractivity contribution in [3.8, 4) is 0 Å². The van der Waals surface area contributed by atoms with Gasteiger partial charge in [0.15, 0.2) is 0 Å². The predicted octanol–water partition coefficient (Wildman–Crippen LogP) is 6.78. The van der Waals surface area contributed by atoms with Crippen molar-refractivity contribution in [3.63, 3.8) is 0 Å². The molecule has 0 saturated carbocycles. The number of unbranched alkanes of at least 4 members (excludes halogenated alkanes) is 10. The Kier molecular flexibility index (Phi) is 12.1. The van der Waals surface area contributed by atoms with Crippen LogP contribution in [0.25, 0.3) is 0 Å². The van der Waals surface area contributed by atoms with Gasteiger partial charge in [-0.15, -0.1) is 0 Å². The summed E-state index contributed by atoms with van der Waals surface area (Å²) in [4.78, 5) is 0. The Morgan fingerprint density at radius 3 is 1.84 bits per heavy atom. The molecule has 0 amide bonds. The molecular weight excluding hydrogens is 304 g/mol. The van der Waals surface area contributed by atoms with Gasteiger partial charge in [0.25, 0.3) is 0 Å². The molecule has 1 aromatic rings. The zero-order valence-electron chi connectivity index (χ0n) is 16.7. The number of hydrogen-bond acceptors (Lipinski definition) is 1. The summed E-state index contributed by atoms with van der Waals surface area (Å²) in [6, 6.07) is 6.36. The molecule has 0 heterocycles. The van der Waals surface area contributed by atoms with Crippen molar-refractivity contribution in [3.05, 3.63) is 34.9 Å². The van der Waals surface area contributed by atoms with Gasteiger partial charge in [-0.25, -0.2) is 0 Å². The van der Waals surface area contributed by atoms with E-state index in [9.17, 15) is 0 Å². The molecule has 0 aliphatic carbocycles. The minimum Gasteiger partial charge on any atom is -0.384 e. The van der Waals surface area contributed by atoms with Crippen LogP contribution in [0.2, 0.25) is 0 Å². The molecule has 2 heteroatoms. The van der Waals surface area contributed by atoms with Crippen LogP contribution in [0.5, 0.6) is 0 Å². The van der Waals surface area contributed by atoms with E-state index < -0.39 is 0 Å². The van der Waals surface area contributed by atoms with Gasteiger partial charge in [0.05, 0.1) is 0 Å². The first-order chi connectivity index (χ1) is 12.2. The fourth-order valence-corrected chi connectivity index (χ4v) is 3.59. The van der Waals surface area contributed by atoms with Crippen molar-refractivity contribution in [2.24, 2.45) is 5.73 Å². The van der Waals surface area contributed by atoms with E-state index in [-0.39, 0.29) is 5.84 Å². The summed E-state index contributed by atoms with van der Waals surface area (Å²) in [5.74, 6) is 0.228. The quantitative estimate of drug-likeness (QED) is 0.206. The molecule has 0 aliphatic rings. The maximum atomic E-state index is 7.91. The molecule has 0 aliphatic heterocycles. The maximum Gasteiger partial charge on any atom is 0.123 e. The largest absolute Gasteiger partial charge is 0.384 e. The van der Waals surface area contributed by atoms with Crippen molar-refractivity contribution in [2.75, 3.05) is 0 Å². The summed E-state index contributed by atoms with van der Waals surface area (Å²) < 4.78 is 0. The lowest BCUT2D eigenvalue weighted by Gasteiger charge is -2.14. The number of rotatable bonds is 15. The highest BCUT2D eigenvalue weighted by Crippen LogP contribution is 2.21. The molecule has 2 nitrogen and oxygen atoms in total. The highest BCUT2D eigenvalue weighted by molar-refractivity contribution is 5.96. The van der Waals surface area contributed by atoms with Crippen molar-refractivity contribution in [1.29, 1.82) is 5.41 Å². The summed E-state index contributed by atoms with van der Waals surface area (Å²) in [7, 11) is 0. The first-order valence-corrected chi connectivity index (χ1v) is 10.7. The van der Waals surface area contributed by atoms with Gasteiger partial charge < -0.3 is 5.73 Å². The van der Waals surface area contributed by atoms with Crippen LogP contribution >= 0.6 is 0 Å². The lowest BCUT2D eigenvalue weighted by Crippen LogP contribution is -2.15. The Bertz CT molecular complexity index is 479. The molecule has 1 aromatic carbocycles. The van der Waals surface area contributed by atoms with Gasteiger partial charge in [-0.05, 0) is 36.8 Å². The molecule has 0 atom stereocenters. The molecule has 25 heavy (non-hydrogen) atoms. The highest BCUT2D eigenvalue weighted by Gasteiger charge is 2.10. The van der Waals surface area contributed by atoms with Gasteiger partial charge in [-0.2, -0.15) is 0 Å². The molecule has 0 spiro atoms. The van der Waals surface area contributed by atoms with E-state index in [0.29, 0.717) is 0 Å². The normalized spacial score (nSPS) is 11.0. The second-order valence-electron chi connectivity index (χ2n) is 7.39. The standard InChI is InChI=1S/C23H40N2/c1-3-5-7-9-11-13-16-20-17-15-19-22(23(24)25)21(20)18-14-12-10-8-6-4-2/h15,17,19H,3-14,16,18H2,1-2H3,(H3,24,25). The molecule has 3 N–H and O–H groups in total. The molecule has 0 unspecified atom stereocenters. The van der Waals surface area contributed by atoms with Gasteiger partial charge >= 0.3 is 0 Å². The Labute approximate surface area is 156 Å². The van der Waals surface area contributed by atoms with Crippen molar-refractivity contribution in [1.82, 2.24) is 0 Å². The van der Waals surface area contributed by atoms with Crippen LogP contribution < -0.4 is 5.73 Å². The minimum absolute atomic E-state index is 0.228. The SMILES string of the molecule is CCCCCCCCc1cccc(C(=N)N)c1CCCCCCCC. The first kappa shape index (κ1) is 21.7. The number of aryl methyl sites for hydroxylation is 1. The monoisotopic (exact) mass is 344 g/mol. The Balaban J connectivity index is 2.54. The molecule has 0 saturated heterocycles. The topological polar surface area (TPSA) is 49.9 Å². The molecule has 0 bridgehead atoms. The van der Waals surface area contributed by atoms with E-state index in [1.165, 1.54) is 88.2 Å². The van der Waals surface area contributed by atoms with Crippen molar-refractivity contribution >= 4 is 5.84 Å². The summed E-state index contributed by atoms with van der Waals surface area (Å²) in [5, 5.41) is 7.91. The zero-order valence-corrected chi connectivity index (χ0v) is 16.7. The van der Waals surface area contributed by atoms with E-state index in [0.717, 1.165) is 18.4 Å². The van der Waals surface area contributed by atoms with Crippen molar-refractivity contribution < 1.29 is 0 Å². The van der Waals surface area contributed by atoms with E-state index in [1.54, 1.807) is 0 Å². The Morgan fingerprint density at radius 2 is 1.28 bits per heavy atom. The van der Waals surface area contributed by atoms with Crippen LogP contribution in [0, 0.1) is 5.41 Å². The van der Waals surface area contributed by atoms with E-state index in [4.69, 9.17) is 11.1 Å². The Hall–Kier alpha value is -1.31. The van der Waals surface area contributed by atoms with Crippen LogP contribution in [0.3, 0.4) is 0 Å². The second-order valence-corrected chi connectivity index (χ2v) is 7.39. The fourth-order valence-electron chi connectivity index (χ4n) is 3.59. The van der Waals surface area contributed by atoms with Gasteiger partial charge in [0.1, 0.15) is 5.84 Å². The predicted molar refractivity (Wildman–Crippen MR) is 112 cm³/mol. The summed E-state index contributed by atoms with van der Waals surface area (Å²) in [6.07, 6.45) is 18.1. The highest BCUT2D eigenvalue weighted by atomic mass is 14.7. The molecule has 142 valence electrons. The smallest absolute Gasteiger partial charge is 0.123 e. The van der Waals surface area contributed by atoms with E-state index in [1.807, 2.05) is 6.07 Å². The molecular formula is C23H40N2. The van der Waals surface area contributed by atoms with Crippen LogP contribution in [-0.4, -0.2) is 5.84 Å². The number of nitrogen functional groups attached to an aromatic ring is 1. The van der Waals surface area contributed by atoms with E-state index >= 15 is 0 Å². The maximum absolute atomic E-state index is 7.91. The lowest BCUT2D eigenvalue weighted by atomic mass is 9.92. The minimum atomic E-state index is 0.228. The average Bonchev–Trinajstić information content (AvgIpc) is 2.61. The van der Waals surface area contributed by atoms with Crippen molar-refractivity contribution in [2.45, 2.75) is 104 Å². The van der Waals surface area contributed by atoms with E-state index in [2.05, 4.69) is 26.0 Å². The fraction of sp³-hybridized carbons (Fsp3) is 0.696. The molecule has 1 rings (SSSR count). The van der Waals surface area contributed by atoms with Gasteiger partial charge in [-0.1, -0.05) is 96.3 Å². The summed E-state index contributed by atoms with van der Waals surface area (Å²) in [5.41, 5.74) is 9.59. The van der Waals surface area contributed by atoms with Crippen LogP contribution in [0.1, 0.15) is 108 Å². The van der Waals surface area contributed by atoms with Crippen LogP contribution in [0.4, 0.5) is 0 Å². The second kappa shape index (κ2) is 13.9. The number of nitrogens with two attached hydrogens (primary N) is 1. The number of benzene rings is 1. The molecule has 0 fully saturated rings. The molecule has 0 radical (unpaired) electrons. The van der Waals surface area contributed by atoms with Crippen LogP contribution in [-0.2, 0) is 12.8 Å². The average molecular weight is 345 g/mol. The zero-order chi connectivity index (χ0) is 18.3. The molecule has 0 aromatic heterocycles. The third-order valence-corrected chi connectivity index (χ3v) is 5.14. The third kappa shape index (κ3) is 9.09. The lowest BCUT2D eigenvalue weighted by molar-refractivity contribution is 0.599. The van der Waals surface area contributed by atoms with Gasteiger partial charge in [0.2, 0.25) is 0 Å². The number of hydrogen-bond donors (Lipinski definition) is 2. The van der Waals surface area contributed by atoms with Crippen LogP contribution in [0.15, 0.2) is 18.2 Å². The summed E-state index contributed by atoms with van der Waals surface area (Å²) in [6.45, 7) is 4.53. The Morgan fingerprint density at radius 1 is 0.760 bits per heavy atom. The number of nitrogens with one attached hydrogen (secondary N) is 1. The first-order valence-electron chi connectivity index (χ1n) is 10.7. The van der Waals surface area contributed by atoms with Gasteiger partial charge in [-0.3, -0.25) is 5.41 Å².